The molecule has 0 aliphatic heterocycles. The molecule has 2 N–H and O–H groups in total. The van der Waals surface area contributed by atoms with E-state index in [9.17, 15) is 9.18 Å². The number of carbonyl (C=O) groups excluding carboxylic acids is 1. The summed E-state index contributed by atoms with van der Waals surface area (Å²) < 4.78 is 14.3. The summed E-state index contributed by atoms with van der Waals surface area (Å²) in [6.07, 6.45) is 0. The zero-order valence-electron chi connectivity index (χ0n) is 14.9. The van der Waals surface area contributed by atoms with Crippen LogP contribution in [0.25, 0.3) is 11.4 Å². The van der Waals surface area contributed by atoms with Gasteiger partial charge in [0, 0.05) is 5.56 Å². The molecule has 5 nitrogen and oxygen atoms in total. The van der Waals surface area contributed by atoms with E-state index >= 15 is 0 Å². The van der Waals surface area contributed by atoms with Crippen LogP contribution in [0, 0.1) is 5.82 Å². The number of nitrogen functional groups attached to an aromatic ring is 1. The highest BCUT2D eigenvalue weighted by Crippen LogP contribution is 2.27. The van der Waals surface area contributed by atoms with Gasteiger partial charge in [0.25, 0.3) is 5.91 Å². The monoisotopic (exact) mass is 372 g/mol. The van der Waals surface area contributed by atoms with Crippen LogP contribution >= 0.6 is 0 Å². The van der Waals surface area contributed by atoms with Crippen molar-refractivity contribution in [2.24, 2.45) is 0 Å². The van der Waals surface area contributed by atoms with Crippen molar-refractivity contribution < 1.29 is 9.18 Å². The highest BCUT2D eigenvalue weighted by atomic mass is 19.1. The number of aromatic nitrogens is 3. The van der Waals surface area contributed by atoms with Crippen LogP contribution in [0.3, 0.4) is 0 Å². The summed E-state index contributed by atoms with van der Waals surface area (Å²) in [6.45, 7) is 0. The van der Waals surface area contributed by atoms with E-state index in [2.05, 4.69) is 10.1 Å². The Labute approximate surface area is 161 Å². The first-order valence-electron chi connectivity index (χ1n) is 8.76. The quantitative estimate of drug-likeness (QED) is 0.584. The third kappa shape index (κ3) is 3.40. The summed E-state index contributed by atoms with van der Waals surface area (Å²) in [7, 11) is 0. The molecule has 0 bridgehead atoms. The average molecular weight is 372 g/mol. The number of carbonyl (C=O) groups is 1. The van der Waals surface area contributed by atoms with Crippen molar-refractivity contribution in [3.05, 3.63) is 102 Å². The van der Waals surface area contributed by atoms with Gasteiger partial charge in [-0.15, -0.1) is 5.10 Å². The predicted molar refractivity (Wildman–Crippen MR) is 105 cm³/mol. The van der Waals surface area contributed by atoms with Gasteiger partial charge in [-0.05, 0) is 35.4 Å². The number of hydrogen-bond acceptors (Lipinski definition) is 4. The second-order valence-corrected chi connectivity index (χ2v) is 6.30. The number of halogens is 1. The van der Waals surface area contributed by atoms with Gasteiger partial charge in [-0.2, -0.15) is 9.67 Å². The molecule has 0 fully saturated rings. The number of nitrogens with zero attached hydrogens (tertiary/aromatic N) is 3. The molecule has 0 spiro atoms. The lowest BCUT2D eigenvalue weighted by molar-refractivity contribution is 0.0880. The molecule has 4 rings (SSSR count). The van der Waals surface area contributed by atoms with Crippen LogP contribution in [0.15, 0.2) is 84.9 Å². The molecule has 0 amide bonds. The van der Waals surface area contributed by atoms with Crippen molar-refractivity contribution >= 4 is 11.9 Å². The second-order valence-electron chi connectivity index (χ2n) is 6.30. The van der Waals surface area contributed by atoms with Crippen LogP contribution in [-0.2, 0) is 0 Å². The molecule has 4 aromatic rings. The minimum Gasteiger partial charge on any atom is -0.368 e. The van der Waals surface area contributed by atoms with Crippen molar-refractivity contribution in [2.75, 3.05) is 5.73 Å². The number of nitrogens with two attached hydrogens (primary N) is 1. The molecule has 0 unspecified atom stereocenters. The van der Waals surface area contributed by atoms with Crippen LogP contribution < -0.4 is 5.73 Å². The number of benzene rings is 3. The largest absolute Gasteiger partial charge is 0.368 e. The topological polar surface area (TPSA) is 73.8 Å². The molecule has 0 atom stereocenters. The Balaban J connectivity index is 1.76. The van der Waals surface area contributed by atoms with E-state index < -0.39 is 5.92 Å². The molecule has 138 valence electrons. The lowest BCUT2D eigenvalue weighted by Gasteiger charge is -2.16. The second kappa shape index (κ2) is 7.44. The van der Waals surface area contributed by atoms with Crippen molar-refractivity contribution in [1.82, 2.24) is 14.8 Å². The maximum atomic E-state index is 13.4. The van der Waals surface area contributed by atoms with E-state index in [4.69, 9.17) is 5.73 Å². The van der Waals surface area contributed by atoms with E-state index in [0.29, 0.717) is 5.56 Å². The number of hydrogen-bond donors (Lipinski definition) is 1. The van der Waals surface area contributed by atoms with Crippen LogP contribution in [0.1, 0.15) is 21.8 Å². The van der Waals surface area contributed by atoms with Crippen molar-refractivity contribution in [3.8, 4) is 11.4 Å². The Morgan fingerprint density at radius 1 is 0.857 bits per heavy atom. The van der Waals surface area contributed by atoms with Gasteiger partial charge in [0.2, 0.25) is 5.95 Å². The first-order valence-corrected chi connectivity index (χ1v) is 8.76. The first kappa shape index (κ1) is 17.6. The van der Waals surface area contributed by atoms with Gasteiger partial charge in [-0.1, -0.05) is 60.7 Å². The highest BCUT2D eigenvalue weighted by molar-refractivity contribution is 5.90. The standard InChI is InChI=1S/C22H17FN4O/c23-18-13-11-17(12-14-18)20-25-22(24)27(26-20)21(28)19(15-7-3-1-4-8-15)16-9-5-2-6-10-16/h1-14,19H,(H2,24,25,26). The molecule has 0 radical (unpaired) electrons. The molecule has 3 aromatic carbocycles. The summed E-state index contributed by atoms with van der Waals surface area (Å²) >= 11 is 0. The molecule has 28 heavy (non-hydrogen) atoms. The van der Waals surface area contributed by atoms with Gasteiger partial charge in [0.1, 0.15) is 5.82 Å². The number of rotatable bonds is 4. The fraction of sp³-hybridized carbons (Fsp3) is 0.0455. The fourth-order valence-corrected chi connectivity index (χ4v) is 3.10. The molecular formula is C22H17FN4O. The Morgan fingerprint density at radius 2 is 1.39 bits per heavy atom. The lowest BCUT2D eigenvalue weighted by atomic mass is 9.90. The van der Waals surface area contributed by atoms with Gasteiger partial charge in [0.15, 0.2) is 5.82 Å². The van der Waals surface area contributed by atoms with E-state index in [1.54, 1.807) is 12.1 Å². The average Bonchev–Trinajstić information content (AvgIpc) is 3.12. The molecule has 6 heteroatoms. The van der Waals surface area contributed by atoms with Crippen LogP contribution in [0.2, 0.25) is 0 Å². The zero-order chi connectivity index (χ0) is 19.5. The Bertz CT molecular complexity index is 1050. The van der Waals surface area contributed by atoms with Gasteiger partial charge in [-0.3, -0.25) is 4.79 Å². The van der Waals surface area contributed by atoms with Crippen LogP contribution in [0.4, 0.5) is 10.3 Å². The third-order valence-electron chi connectivity index (χ3n) is 4.46. The van der Waals surface area contributed by atoms with Crippen molar-refractivity contribution in [3.63, 3.8) is 0 Å². The Kier molecular flexibility index (Phi) is 4.68. The smallest absolute Gasteiger partial charge is 0.262 e. The molecule has 0 saturated carbocycles. The van der Waals surface area contributed by atoms with Crippen LogP contribution in [0.5, 0.6) is 0 Å². The van der Waals surface area contributed by atoms with Crippen LogP contribution in [-0.4, -0.2) is 20.7 Å². The SMILES string of the molecule is Nc1nc(-c2ccc(F)cc2)nn1C(=O)C(c1ccccc1)c1ccccc1. The van der Waals surface area contributed by atoms with Crippen molar-refractivity contribution in [2.45, 2.75) is 5.92 Å². The normalized spacial score (nSPS) is 10.9. The Morgan fingerprint density at radius 3 is 1.93 bits per heavy atom. The van der Waals surface area contributed by atoms with Gasteiger partial charge in [0.05, 0.1) is 5.92 Å². The van der Waals surface area contributed by atoms with E-state index in [0.717, 1.165) is 15.8 Å². The van der Waals surface area contributed by atoms with Gasteiger partial charge >= 0.3 is 0 Å². The molecule has 1 aromatic heterocycles. The molecule has 0 aliphatic rings. The zero-order valence-corrected chi connectivity index (χ0v) is 14.9. The molecule has 1 heterocycles. The maximum Gasteiger partial charge on any atom is 0.262 e. The predicted octanol–water partition coefficient (Wildman–Crippen LogP) is 4.14. The minimum atomic E-state index is -0.576. The van der Waals surface area contributed by atoms with Gasteiger partial charge in [-0.25, -0.2) is 4.39 Å². The maximum absolute atomic E-state index is 13.4. The number of anilines is 1. The van der Waals surface area contributed by atoms with Gasteiger partial charge < -0.3 is 5.73 Å². The fourth-order valence-electron chi connectivity index (χ4n) is 3.10. The van der Waals surface area contributed by atoms with Crippen molar-refractivity contribution in [1.29, 1.82) is 0 Å². The van der Waals surface area contributed by atoms with E-state index in [1.165, 1.54) is 12.1 Å². The molecule has 0 saturated heterocycles. The third-order valence-corrected chi connectivity index (χ3v) is 4.46. The minimum absolute atomic E-state index is 0.0128. The highest BCUT2D eigenvalue weighted by Gasteiger charge is 2.27. The Hall–Kier alpha value is -3.80. The summed E-state index contributed by atoms with van der Waals surface area (Å²) in [5.41, 5.74) is 8.24. The summed E-state index contributed by atoms with van der Waals surface area (Å²) in [6, 6.07) is 24.6. The van der Waals surface area contributed by atoms with E-state index in [-0.39, 0.29) is 23.5 Å². The lowest BCUT2D eigenvalue weighted by Crippen LogP contribution is -2.24. The summed E-state index contributed by atoms with van der Waals surface area (Å²) in [5.74, 6) is -0.990. The first-order chi connectivity index (χ1) is 13.6. The summed E-state index contributed by atoms with van der Waals surface area (Å²) in [4.78, 5) is 17.6. The summed E-state index contributed by atoms with van der Waals surface area (Å²) in [5, 5.41) is 4.29. The molecular weight excluding hydrogens is 355 g/mol. The van der Waals surface area contributed by atoms with E-state index in [1.807, 2.05) is 60.7 Å². The molecule has 0 aliphatic carbocycles.